The van der Waals surface area contributed by atoms with E-state index in [1.54, 1.807) is 17.5 Å². The van der Waals surface area contributed by atoms with Crippen LogP contribution in [0.15, 0.2) is 58.1 Å². The average molecular weight is 460 g/mol. The largest absolute Gasteiger partial charge is 0.494 e. The number of thiophene rings is 1. The predicted octanol–water partition coefficient (Wildman–Crippen LogP) is 5.42. The molecule has 0 saturated carbocycles. The third kappa shape index (κ3) is 9.73. The maximum Gasteiger partial charge on any atom is 0.187 e. The van der Waals surface area contributed by atoms with E-state index >= 15 is 0 Å². The van der Waals surface area contributed by atoms with Crippen LogP contribution in [0.3, 0.4) is 0 Å². The Morgan fingerprint density at radius 2 is 2.00 bits per heavy atom. The van der Waals surface area contributed by atoms with Crippen molar-refractivity contribution in [3.8, 4) is 17.6 Å². The summed E-state index contributed by atoms with van der Waals surface area (Å²) in [5.74, 6) is 7.18. The second kappa shape index (κ2) is 12.1. The van der Waals surface area contributed by atoms with Gasteiger partial charge in [-0.3, -0.25) is 4.90 Å². The first kappa shape index (κ1) is 25.2. The number of ether oxygens (including phenoxy) is 1. The van der Waals surface area contributed by atoms with Crippen molar-refractivity contribution >= 4 is 21.2 Å². The first-order valence-electron chi connectivity index (χ1n) is 10.6. The number of sulfone groups is 1. The van der Waals surface area contributed by atoms with Crippen LogP contribution in [0.4, 0.5) is 0 Å². The maximum atomic E-state index is 12.2. The van der Waals surface area contributed by atoms with Crippen LogP contribution in [-0.4, -0.2) is 38.8 Å². The number of nitrogens with zero attached hydrogens (tertiary/aromatic N) is 1. The van der Waals surface area contributed by atoms with E-state index < -0.39 is 9.84 Å². The molecule has 0 saturated heterocycles. The molecule has 0 radical (unpaired) electrons. The van der Waals surface area contributed by atoms with Crippen LogP contribution >= 0.6 is 11.3 Å². The zero-order chi connectivity index (χ0) is 22.7. The molecule has 1 aromatic heterocycles. The molecule has 4 nitrogen and oxygen atoms in total. The van der Waals surface area contributed by atoms with Crippen LogP contribution in [0.5, 0.6) is 5.75 Å². The van der Waals surface area contributed by atoms with Crippen molar-refractivity contribution in [2.75, 3.05) is 25.4 Å². The zero-order valence-corrected chi connectivity index (χ0v) is 20.6. The molecule has 2 aromatic rings. The van der Waals surface area contributed by atoms with Crippen LogP contribution in [0.2, 0.25) is 0 Å². The first-order valence-corrected chi connectivity index (χ1v) is 13.1. The van der Waals surface area contributed by atoms with E-state index in [1.807, 2.05) is 24.3 Å². The van der Waals surface area contributed by atoms with E-state index in [9.17, 15) is 8.42 Å². The monoisotopic (exact) mass is 459 g/mol. The Balaban J connectivity index is 1.82. The topological polar surface area (TPSA) is 46.6 Å². The summed E-state index contributed by atoms with van der Waals surface area (Å²) in [5, 5.41) is 1.78. The van der Waals surface area contributed by atoms with E-state index in [2.05, 4.69) is 56.6 Å². The van der Waals surface area contributed by atoms with Gasteiger partial charge >= 0.3 is 0 Å². The van der Waals surface area contributed by atoms with Gasteiger partial charge in [0.1, 0.15) is 9.96 Å². The summed E-state index contributed by atoms with van der Waals surface area (Å²) in [7, 11) is -3.20. The van der Waals surface area contributed by atoms with Gasteiger partial charge in [-0.05, 0) is 69.0 Å². The molecule has 0 atom stereocenters. The highest BCUT2D eigenvalue weighted by Crippen LogP contribution is 2.19. The van der Waals surface area contributed by atoms with Gasteiger partial charge in [0.15, 0.2) is 9.84 Å². The van der Waals surface area contributed by atoms with Crippen molar-refractivity contribution in [2.45, 2.75) is 44.9 Å². The summed E-state index contributed by atoms with van der Waals surface area (Å²) in [6, 6.07) is 11.4. The minimum atomic E-state index is -3.20. The summed E-state index contributed by atoms with van der Waals surface area (Å²) in [6.07, 6.45) is 4.49. The molecule has 0 unspecified atom stereocenters. The molecule has 0 amide bonds. The van der Waals surface area contributed by atoms with Gasteiger partial charge in [0.25, 0.3) is 0 Å². The second-order valence-corrected chi connectivity index (χ2v) is 11.6. The minimum absolute atomic E-state index is 0.0172. The highest BCUT2D eigenvalue weighted by Gasteiger charge is 2.15. The molecule has 0 aliphatic rings. The summed E-state index contributed by atoms with van der Waals surface area (Å²) in [5.41, 5.74) is 1.18. The average Bonchev–Trinajstić information content (AvgIpc) is 3.25. The van der Waals surface area contributed by atoms with Gasteiger partial charge in [0.05, 0.1) is 12.4 Å². The van der Waals surface area contributed by atoms with E-state index in [0.29, 0.717) is 17.2 Å². The highest BCUT2D eigenvalue weighted by atomic mass is 32.2. The maximum absolute atomic E-state index is 12.2. The van der Waals surface area contributed by atoms with Crippen molar-refractivity contribution in [1.82, 2.24) is 4.90 Å². The normalized spacial score (nSPS) is 12.2. The molecule has 31 heavy (non-hydrogen) atoms. The van der Waals surface area contributed by atoms with Gasteiger partial charge in [0.2, 0.25) is 0 Å². The molecule has 1 aromatic carbocycles. The fourth-order valence-corrected chi connectivity index (χ4v) is 5.23. The Kier molecular flexibility index (Phi) is 9.83. The van der Waals surface area contributed by atoms with Crippen LogP contribution in [0.1, 0.15) is 39.7 Å². The van der Waals surface area contributed by atoms with E-state index in [1.165, 1.54) is 16.9 Å². The Labute approximate surface area is 191 Å². The summed E-state index contributed by atoms with van der Waals surface area (Å²) in [4.78, 5) is 2.32. The highest BCUT2D eigenvalue weighted by molar-refractivity contribution is 7.93. The number of hydrogen-bond acceptors (Lipinski definition) is 5. The SMILES string of the molecule is CCN(C/C=C/C#CC(C)(C)C)Cc1cccc(OCCCS(=O)(=O)c2cccs2)c1. The summed E-state index contributed by atoms with van der Waals surface area (Å²) in [6.45, 7) is 11.4. The van der Waals surface area contributed by atoms with Crippen molar-refractivity contribution in [1.29, 1.82) is 0 Å². The van der Waals surface area contributed by atoms with Gasteiger partial charge in [-0.1, -0.05) is 43.0 Å². The Bertz CT molecular complexity index is 991. The summed E-state index contributed by atoms with van der Waals surface area (Å²) < 4.78 is 30.7. The fourth-order valence-electron chi connectivity index (χ4n) is 2.80. The number of hydrogen-bond donors (Lipinski definition) is 0. The van der Waals surface area contributed by atoms with E-state index in [0.717, 1.165) is 25.4 Å². The molecule has 0 aliphatic carbocycles. The predicted molar refractivity (Wildman–Crippen MR) is 130 cm³/mol. The van der Waals surface area contributed by atoms with Gasteiger partial charge in [-0.15, -0.1) is 11.3 Å². The number of benzene rings is 1. The lowest BCUT2D eigenvalue weighted by molar-refractivity contribution is 0.305. The number of rotatable bonds is 11. The van der Waals surface area contributed by atoms with Crippen molar-refractivity contribution in [2.24, 2.45) is 5.41 Å². The van der Waals surface area contributed by atoms with E-state index in [4.69, 9.17) is 4.74 Å². The molecule has 0 fully saturated rings. The van der Waals surface area contributed by atoms with Gasteiger partial charge in [-0.2, -0.15) is 0 Å². The standard InChI is InChI=1S/C25H33NO3S2/c1-5-26(16-8-6-7-15-25(2,3)4)21-22-12-9-13-23(20-22)29-17-11-19-31(27,28)24-14-10-18-30-24/h6,8-10,12-14,18,20H,5,11,16-17,19,21H2,1-4H3/b8-6+. The van der Waals surface area contributed by atoms with Crippen molar-refractivity contribution < 1.29 is 13.2 Å². The van der Waals surface area contributed by atoms with Crippen LogP contribution in [-0.2, 0) is 16.4 Å². The Hall–Kier alpha value is -2.07. The van der Waals surface area contributed by atoms with Gasteiger partial charge in [-0.25, -0.2) is 8.42 Å². The third-order valence-corrected chi connectivity index (χ3v) is 7.68. The smallest absolute Gasteiger partial charge is 0.187 e. The van der Waals surface area contributed by atoms with Crippen molar-refractivity contribution in [3.63, 3.8) is 0 Å². The van der Waals surface area contributed by atoms with Gasteiger partial charge in [0, 0.05) is 18.5 Å². The van der Waals surface area contributed by atoms with Gasteiger partial charge < -0.3 is 4.74 Å². The van der Waals surface area contributed by atoms with Crippen LogP contribution in [0, 0.1) is 17.3 Å². The molecular formula is C25H33NO3S2. The molecule has 0 bridgehead atoms. The molecular weight excluding hydrogens is 426 g/mol. The van der Waals surface area contributed by atoms with Crippen molar-refractivity contribution in [3.05, 3.63) is 59.5 Å². The molecule has 1 heterocycles. The molecule has 2 rings (SSSR count). The quantitative estimate of drug-likeness (QED) is 0.333. The second-order valence-electron chi connectivity index (χ2n) is 8.35. The molecule has 168 valence electrons. The van der Waals surface area contributed by atoms with Crippen LogP contribution in [0.25, 0.3) is 0 Å². The lowest BCUT2D eigenvalue weighted by Gasteiger charge is -2.19. The summed E-state index contributed by atoms with van der Waals surface area (Å²) >= 11 is 1.26. The lowest BCUT2D eigenvalue weighted by atomic mass is 9.98. The Morgan fingerprint density at radius 1 is 1.19 bits per heavy atom. The zero-order valence-electron chi connectivity index (χ0n) is 18.9. The molecule has 0 aliphatic heterocycles. The molecule has 6 heteroatoms. The Morgan fingerprint density at radius 3 is 2.68 bits per heavy atom. The minimum Gasteiger partial charge on any atom is -0.494 e. The van der Waals surface area contributed by atoms with E-state index in [-0.39, 0.29) is 11.2 Å². The fraction of sp³-hybridized carbons (Fsp3) is 0.440. The third-order valence-electron chi connectivity index (χ3n) is 4.39. The first-order chi connectivity index (χ1) is 14.7. The lowest BCUT2D eigenvalue weighted by Crippen LogP contribution is -2.22. The molecule has 0 N–H and O–H groups in total. The number of likely N-dealkylation sites (N-methyl/N-ethyl adjacent to an activating group) is 1. The number of allylic oxidation sites excluding steroid dienone is 1. The van der Waals surface area contributed by atoms with Crippen LogP contribution < -0.4 is 4.74 Å². The molecule has 0 spiro atoms.